The average Bonchev–Trinajstić information content (AvgIpc) is 2.39. The number of carbonyl (C=O) groups is 2. The molecule has 4 nitrogen and oxygen atoms in total. The quantitative estimate of drug-likeness (QED) is 0.833. The molecule has 0 spiro atoms. The average molecular weight is 261 g/mol. The normalized spacial score (nSPS) is 13.9. The van der Waals surface area contributed by atoms with E-state index < -0.39 is 0 Å². The largest absolute Gasteiger partial charge is 0.493 e. The zero-order valence-corrected chi connectivity index (χ0v) is 11.4. The van der Waals surface area contributed by atoms with Gasteiger partial charge in [0.15, 0.2) is 5.78 Å². The number of carbonyl (C=O) groups excluding carboxylic acids is 2. The molecule has 4 heteroatoms. The van der Waals surface area contributed by atoms with Crippen LogP contribution in [0.3, 0.4) is 0 Å². The van der Waals surface area contributed by atoms with Crippen molar-refractivity contribution in [3.05, 3.63) is 29.3 Å². The summed E-state index contributed by atoms with van der Waals surface area (Å²) in [7, 11) is 3.44. The van der Waals surface area contributed by atoms with Crippen molar-refractivity contribution in [1.29, 1.82) is 0 Å². The second-order valence-electron chi connectivity index (χ2n) is 4.98. The van der Waals surface area contributed by atoms with Gasteiger partial charge in [0.05, 0.1) is 13.0 Å². The molecule has 1 aliphatic rings. The molecule has 1 aromatic carbocycles. The summed E-state index contributed by atoms with van der Waals surface area (Å²) in [6, 6.07) is 5.63. The SMILES string of the molecule is CN(C)C(=O)CCOc1ccc2c(c1)C(=O)CCC2. The van der Waals surface area contributed by atoms with Crippen LogP contribution in [-0.2, 0) is 11.2 Å². The fourth-order valence-electron chi connectivity index (χ4n) is 2.18. The van der Waals surface area contributed by atoms with Gasteiger partial charge >= 0.3 is 0 Å². The van der Waals surface area contributed by atoms with Crippen molar-refractivity contribution in [2.75, 3.05) is 20.7 Å². The van der Waals surface area contributed by atoms with E-state index in [4.69, 9.17) is 4.74 Å². The Morgan fingerprint density at radius 2 is 2.11 bits per heavy atom. The minimum Gasteiger partial charge on any atom is -0.493 e. The molecule has 0 saturated heterocycles. The lowest BCUT2D eigenvalue weighted by Gasteiger charge is -2.16. The van der Waals surface area contributed by atoms with Gasteiger partial charge in [0.1, 0.15) is 5.75 Å². The van der Waals surface area contributed by atoms with Gasteiger partial charge in [-0.25, -0.2) is 0 Å². The summed E-state index contributed by atoms with van der Waals surface area (Å²) in [4.78, 5) is 24.7. The van der Waals surface area contributed by atoms with E-state index in [0.717, 1.165) is 24.0 Å². The molecule has 2 rings (SSSR count). The molecule has 0 unspecified atom stereocenters. The van der Waals surface area contributed by atoms with Gasteiger partial charge in [0, 0.05) is 26.1 Å². The maximum atomic E-state index is 11.8. The minimum atomic E-state index is 0.0361. The molecule has 0 radical (unpaired) electrons. The second-order valence-corrected chi connectivity index (χ2v) is 4.98. The van der Waals surface area contributed by atoms with Crippen molar-refractivity contribution >= 4 is 11.7 Å². The van der Waals surface area contributed by atoms with Crippen LogP contribution in [0.15, 0.2) is 18.2 Å². The van der Waals surface area contributed by atoms with Crippen LogP contribution in [0.2, 0.25) is 0 Å². The van der Waals surface area contributed by atoms with Gasteiger partial charge in [0.2, 0.25) is 5.91 Å². The first-order valence-electron chi connectivity index (χ1n) is 6.57. The number of fused-ring (bicyclic) bond motifs is 1. The van der Waals surface area contributed by atoms with Crippen LogP contribution in [0.5, 0.6) is 5.75 Å². The third kappa shape index (κ3) is 3.34. The molecular weight excluding hydrogens is 242 g/mol. The minimum absolute atomic E-state index is 0.0361. The lowest BCUT2D eigenvalue weighted by Crippen LogP contribution is -2.23. The Balaban J connectivity index is 1.97. The van der Waals surface area contributed by atoms with E-state index in [-0.39, 0.29) is 11.7 Å². The van der Waals surface area contributed by atoms with Crippen molar-refractivity contribution in [1.82, 2.24) is 4.90 Å². The first-order chi connectivity index (χ1) is 9.08. The van der Waals surface area contributed by atoms with Crippen LogP contribution < -0.4 is 4.74 Å². The molecule has 0 bridgehead atoms. The number of amides is 1. The smallest absolute Gasteiger partial charge is 0.225 e. The highest BCUT2D eigenvalue weighted by Crippen LogP contribution is 2.25. The van der Waals surface area contributed by atoms with E-state index in [2.05, 4.69) is 0 Å². The Labute approximate surface area is 113 Å². The van der Waals surface area contributed by atoms with Crippen LogP contribution in [0.25, 0.3) is 0 Å². The Morgan fingerprint density at radius 3 is 2.84 bits per heavy atom. The lowest BCUT2D eigenvalue weighted by atomic mass is 9.90. The maximum absolute atomic E-state index is 11.8. The van der Waals surface area contributed by atoms with E-state index in [9.17, 15) is 9.59 Å². The standard InChI is InChI=1S/C15H19NO3/c1-16(2)15(18)8-9-19-12-7-6-11-4-3-5-14(17)13(11)10-12/h6-7,10H,3-5,8-9H2,1-2H3. The van der Waals surface area contributed by atoms with E-state index >= 15 is 0 Å². The highest BCUT2D eigenvalue weighted by molar-refractivity contribution is 5.98. The first-order valence-corrected chi connectivity index (χ1v) is 6.57. The zero-order valence-electron chi connectivity index (χ0n) is 11.4. The first kappa shape index (κ1) is 13.6. The number of Topliss-reactive ketones (excluding diaryl/α,β-unsaturated/α-hetero) is 1. The van der Waals surface area contributed by atoms with Gasteiger partial charge in [-0.15, -0.1) is 0 Å². The van der Waals surface area contributed by atoms with E-state index in [0.29, 0.717) is 25.2 Å². The summed E-state index contributed by atoms with van der Waals surface area (Å²) in [5.74, 6) is 0.894. The molecule has 0 fully saturated rings. The predicted octanol–water partition coefficient (Wildman–Crippen LogP) is 2.06. The van der Waals surface area contributed by atoms with Gasteiger partial charge in [-0.3, -0.25) is 9.59 Å². The van der Waals surface area contributed by atoms with Gasteiger partial charge in [0.25, 0.3) is 0 Å². The van der Waals surface area contributed by atoms with Crippen LogP contribution in [0.4, 0.5) is 0 Å². The number of benzene rings is 1. The zero-order chi connectivity index (χ0) is 13.8. The number of aryl methyl sites for hydroxylation is 1. The molecule has 1 aromatic rings. The van der Waals surface area contributed by atoms with Gasteiger partial charge in [-0.2, -0.15) is 0 Å². The van der Waals surface area contributed by atoms with Crippen molar-refractivity contribution in [3.8, 4) is 5.75 Å². The van der Waals surface area contributed by atoms with Crippen LogP contribution in [0.1, 0.15) is 35.2 Å². The highest BCUT2D eigenvalue weighted by atomic mass is 16.5. The van der Waals surface area contributed by atoms with Crippen LogP contribution in [-0.4, -0.2) is 37.3 Å². The molecule has 0 aliphatic heterocycles. The third-order valence-electron chi connectivity index (χ3n) is 3.32. The molecule has 19 heavy (non-hydrogen) atoms. The Bertz CT molecular complexity index is 494. The number of hydrogen-bond acceptors (Lipinski definition) is 3. The highest BCUT2D eigenvalue weighted by Gasteiger charge is 2.17. The topological polar surface area (TPSA) is 46.6 Å². The van der Waals surface area contributed by atoms with Gasteiger partial charge in [-0.1, -0.05) is 6.07 Å². The van der Waals surface area contributed by atoms with Gasteiger partial charge in [-0.05, 0) is 30.5 Å². The summed E-state index contributed by atoms with van der Waals surface area (Å²) in [5.41, 5.74) is 1.88. The Kier molecular flexibility index (Phi) is 4.20. The molecule has 0 saturated carbocycles. The number of rotatable bonds is 4. The number of ketones is 1. The molecule has 1 amide bonds. The lowest BCUT2D eigenvalue weighted by molar-refractivity contribution is -0.129. The van der Waals surface area contributed by atoms with Crippen molar-refractivity contribution in [2.45, 2.75) is 25.7 Å². The summed E-state index contributed by atoms with van der Waals surface area (Å²) in [6.45, 7) is 0.337. The Hall–Kier alpha value is -1.84. The van der Waals surface area contributed by atoms with Crippen LogP contribution >= 0.6 is 0 Å². The number of hydrogen-bond donors (Lipinski definition) is 0. The van der Waals surface area contributed by atoms with Crippen molar-refractivity contribution < 1.29 is 14.3 Å². The number of ether oxygens (including phenoxy) is 1. The van der Waals surface area contributed by atoms with E-state index in [1.807, 2.05) is 12.1 Å². The molecular formula is C15H19NO3. The molecule has 1 aliphatic carbocycles. The van der Waals surface area contributed by atoms with Crippen molar-refractivity contribution in [3.63, 3.8) is 0 Å². The molecule has 0 aromatic heterocycles. The molecule has 0 atom stereocenters. The summed E-state index contributed by atoms with van der Waals surface area (Å²) in [6.07, 6.45) is 2.86. The van der Waals surface area contributed by atoms with E-state index in [1.165, 1.54) is 0 Å². The van der Waals surface area contributed by atoms with Crippen molar-refractivity contribution in [2.24, 2.45) is 0 Å². The Morgan fingerprint density at radius 1 is 1.32 bits per heavy atom. The summed E-state index contributed by atoms with van der Waals surface area (Å²) >= 11 is 0. The summed E-state index contributed by atoms with van der Waals surface area (Å²) < 4.78 is 5.54. The maximum Gasteiger partial charge on any atom is 0.225 e. The van der Waals surface area contributed by atoms with E-state index in [1.54, 1.807) is 25.1 Å². The molecule has 0 N–H and O–H groups in total. The van der Waals surface area contributed by atoms with Crippen LogP contribution in [0, 0.1) is 0 Å². The molecule has 0 heterocycles. The monoisotopic (exact) mass is 261 g/mol. The number of nitrogens with zero attached hydrogens (tertiary/aromatic N) is 1. The predicted molar refractivity (Wildman–Crippen MR) is 72.5 cm³/mol. The fraction of sp³-hybridized carbons (Fsp3) is 0.467. The second kappa shape index (κ2) is 5.87. The van der Waals surface area contributed by atoms with Gasteiger partial charge < -0.3 is 9.64 Å². The summed E-state index contributed by atoms with van der Waals surface area (Å²) in [5, 5.41) is 0. The third-order valence-corrected chi connectivity index (χ3v) is 3.32. The fourth-order valence-corrected chi connectivity index (χ4v) is 2.18. The molecule has 102 valence electrons.